The summed E-state index contributed by atoms with van der Waals surface area (Å²) in [6.07, 6.45) is 2.46. The predicted octanol–water partition coefficient (Wildman–Crippen LogP) is 6.44. The molecule has 1 fully saturated rings. The molecule has 1 aliphatic carbocycles. The maximum atomic E-state index is 6.54. The summed E-state index contributed by atoms with van der Waals surface area (Å²) in [5.41, 5.74) is 3.70. The summed E-state index contributed by atoms with van der Waals surface area (Å²) < 4.78 is 11.7. The molecule has 0 aliphatic heterocycles. The van der Waals surface area contributed by atoms with E-state index in [0.29, 0.717) is 11.1 Å². The summed E-state index contributed by atoms with van der Waals surface area (Å²) in [6.45, 7) is 1.45. The zero-order valence-electron chi connectivity index (χ0n) is 17.1. The van der Waals surface area contributed by atoms with Gasteiger partial charge in [0.05, 0.1) is 17.8 Å². The lowest BCUT2D eigenvalue weighted by atomic mass is 10.1. The van der Waals surface area contributed by atoms with Crippen LogP contribution in [0.5, 0.6) is 11.5 Å². The van der Waals surface area contributed by atoms with Gasteiger partial charge in [0.25, 0.3) is 0 Å². The lowest BCUT2D eigenvalue weighted by Gasteiger charge is -2.25. The largest absolute Gasteiger partial charge is 0.497 e. The maximum absolute atomic E-state index is 6.54. The average molecular weight is 535 g/mol. The van der Waals surface area contributed by atoms with Crippen molar-refractivity contribution in [2.24, 2.45) is 0 Å². The van der Waals surface area contributed by atoms with Crippen LogP contribution in [0.25, 0.3) is 0 Å². The van der Waals surface area contributed by atoms with E-state index in [2.05, 4.69) is 57.8 Å². The summed E-state index contributed by atoms with van der Waals surface area (Å²) in [5.74, 6) is 3.23. The number of aromatic nitrogens is 1. The minimum atomic E-state index is 0.587. The average Bonchev–Trinajstić information content (AvgIpc) is 3.61. The Labute approximate surface area is 196 Å². The lowest BCUT2D eigenvalue weighted by Crippen LogP contribution is -2.23. The van der Waals surface area contributed by atoms with Gasteiger partial charge in [0.1, 0.15) is 22.5 Å². The van der Waals surface area contributed by atoms with Crippen LogP contribution in [0, 0.1) is 3.57 Å². The summed E-state index contributed by atoms with van der Waals surface area (Å²) in [4.78, 5) is 7.01. The van der Waals surface area contributed by atoms with Crippen molar-refractivity contribution in [1.29, 1.82) is 0 Å². The van der Waals surface area contributed by atoms with Gasteiger partial charge < -0.3 is 14.4 Å². The SMILES string of the molecule is COc1ccc(CN(Cc2ccc(OC)cc2)c2cc(C3CC3)c(I)c(Cl)n2)cc1. The molecule has 0 atom stereocenters. The molecule has 2 aromatic carbocycles. The highest BCUT2D eigenvalue weighted by Crippen LogP contribution is 2.44. The van der Waals surface area contributed by atoms with Gasteiger partial charge in [-0.2, -0.15) is 0 Å². The van der Waals surface area contributed by atoms with Gasteiger partial charge in [-0.05, 0) is 88.4 Å². The Kier molecular flexibility index (Phi) is 6.68. The Morgan fingerprint density at radius 1 is 0.933 bits per heavy atom. The number of ether oxygens (including phenoxy) is 2. The van der Waals surface area contributed by atoms with Crippen LogP contribution in [0.2, 0.25) is 5.15 Å². The molecule has 0 spiro atoms. The number of anilines is 1. The van der Waals surface area contributed by atoms with Crippen LogP contribution in [0.15, 0.2) is 54.6 Å². The van der Waals surface area contributed by atoms with E-state index in [1.807, 2.05) is 24.3 Å². The van der Waals surface area contributed by atoms with Gasteiger partial charge in [0, 0.05) is 13.1 Å². The molecule has 1 saturated carbocycles. The first kappa shape index (κ1) is 21.2. The topological polar surface area (TPSA) is 34.6 Å². The highest BCUT2D eigenvalue weighted by atomic mass is 127. The molecule has 4 nitrogen and oxygen atoms in total. The molecule has 1 aromatic heterocycles. The number of benzene rings is 2. The van der Waals surface area contributed by atoms with Crippen LogP contribution in [0.3, 0.4) is 0 Å². The second-order valence-electron chi connectivity index (χ2n) is 7.50. The molecule has 30 heavy (non-hydrogen) atoms. The van der Waals surface area contributed by atoms with Gasteiger partial charge in [-0.25, -0.2) is 4.98 Å². The van der Waals surface area contributed by atoms with Crippen molar-refractivity contribution < 1.29 is 9.47 Å². The highest BCUT2D eigenvalue weighted by Gasteiger charge is 2.28. The molecule has 6 heteroatoms. The molecular weight excluding hydrogens is 511 g/mol. The standard InChI is InChI=1S/C24H24ClIN2O2/c1-29-19-9-3-16(4-10-19)14-28(15-17-5-11-20(30-2)12-6-17)22-13-21(18-7-8-18)23(26)24(25)27-22/h3-6,9-13,18H,7-8,14-15H2,1-2H3. The number of halogens is 2. The van der Waals surface area contributed by atoms with E-state index >= 15 is 0 Å². The maximum Gasteiger partial charge on any atom is 0.145 e. The monoisotopic (exact) mass is 534 g/mol. The normalized spacial score (nSPS) is 13.2. The van der Waals surface area contributed by atoms with Crippen LogP contribution in [0.4, 0.5) is 5.82 Å². The molecule has 0 bridgehead atoms. The number of hydrogen-bond acceptors (Lipinski definition) is 4. The Hall–Kier alpha value is -1.99. The van der Waals surface area contributed by atoms with Crippen LogP contribution in [-0.2, 0) is 13.1 Å². The first-order chi connectivity index (χ1) is 14.6. The molecule has 0 amide bonds. The fourth-order valence-electron chi connectivity index (χ4n) is 3.48. The molecule has 4 rings (SSSR count). The Morgan fingerprint density at radius 2 is 1.43 bits per heavy atom. The van der Waals surface area contributed by atoms with Crippen molar-refractivity contribution >= 4 is 40.0 Å². The third-order valence-electron chi connectivity index (χ3n) is 5.34. The Morgan fingerprint density at radius 3 is 1.87 bits per heavy atom. The third kappa shape index (κ3) is 5.01. The molecule has 1 heterocycles. The van der Waals surface area contributed by atoms with E-state index in [0.717, 1.165) is 34.0 Å². The van der Waals surface area contributed by atoms with Gasteiger partial charge in [-0.15, -0.1) is 0 Å². The Bertz CT molecular complexity index is 955. The van der Waals surface area contributed by atoms with E-state index in [1.165, 1.54) is 29.5 Å². The van der Waals surface area contributed by atoms with Crippen molar-refractivity contribution in [3.8, 4) is 11.5 Å². The smallest absolute Gasteiger partial charge is 0.145 e. The summed E-state index contributed by atoms with van der Waals surface area (Å²) in [5, 5.41) is 0.587. The van der Waals surface area contributed by atoms with Crippen LogP contribution < -0.4 is 14.4 Å². The fraction of sp³-hybridized carbons (Fsp3) is 0.292. The van der Waals surface area contributed by atoms with E-state index in [9.17, 15) is 0 Å². The number of nitrogens with zero attached hydrogens (tertiary/aromatic N) is 2. The van der Waals surface area contributed by atoms with Crippen LogP contribution in [0.1, 0.15) is 35.4 Å². The third-order valence-corrected chi connectivity index (χ3v) is 7.06. The molecule has 0 unspecified atom stereocenters. The number of pyridine rings is 1. The zero-order valence-corrected chi connectivity index (χ0v) is 20.0. The van der Waals surface area contributed by atoms with Crippen molar-refractivity contribution in [3.05, 3.63) is 80.0 Å². The van der Waals surface area contributed by atoms with Crippen molar-refractivity contribution in [3.63, 3.8) is 0 Å². The van der Waals surface area contributed by atoms with E-state index < -0.39 is 0 Å². The number of rotatable bonds is 8. The fourth-order valence-corrected chi connectivity index (χ4v) is 4.39. The summed E-state index contributed by atoms with van der Waals surface area (Å²) in [7, 11) is 3.36. The van der Waals surface area contributed by atoms with E-state index in [1.54, 1.807) is 14.2 Å². The summed E-state index contributed by atoms with van der Waals surface area (Å²) >= 11 is 8.86. The molecule has 3 aromatic rings. The van der Waals surface area contributed by atoms with Gasteiger partial charge in [0.2, 0.25) is 0 Å². The molecule has 0 radical (unpaired) electrons. The number of hydrogen-bond donors (Lipinski definition) is 0. The second-order valence-corrected chi connectivity index (χ2v) is 8.94. The van der Waals surface area contributed by atoms with Gasteiger partial charge >= 0.3 is 0 Å². The number of methoxy groups -OCH3 is 2. The molecule has 1 aliphatic rings. The summed E-state index contributed by atoms with van der Waals surface area (Å²) in [6, 6.07) is 18.6. The zero-order chi connectivity index (χ0) is 21.1. The molecule has 0 N–H and O–H groups in total. The van der Waals surface area contributed by atoms with Crippen LogP contribution in [-0.4, -0.2) is 19.2 Å². The minimum Gasteiger partial charge on any atom is -0.497 e. The van der Waals surface area contributed by atoms with Crippen molar-refractivity contribution in [2.45, 2.75) is 31.8 Å². The van der Waals surface area contributed by atoms with E-state index in [-0.39, 0.29) is 0 Å². The van der Waals surface area contributed by atoms with E-state index in [4.69, 9.17) is 26.1 Å². The second kappa shape index (κ2) is 9.43. The highest BCUT2D eigenvalue weighted by molar-refractivity contribution is 14.1. The quantitative estimate of drug-likeness (QED) is 0.246. The molecule has 0 saturated heterocycles. The first-order valence-electron chi connectivity index (χ1n) is 9.94. The van der Waals surface area contributed by atoms with Gasteiger partial charge in [-0.1, -0.05) is 35.9 Å². The first-order valence-corrected chi connectivity index (χ1v) is 11.4. The van der Waals surface area contributed by atoms with Crippen LogP contribution >= 0.6 is 34.2 Å². The molecular formula is C24H24ClIN2O2. The van der Waals surface area contributed by atoms with Gasteiger partial charge in [0.15, 0.2) is 0 Å². The van der Waals surface area contributed by atoms with Crippen molar-refractivity contribution in [2.75, 3.05) is 19.1 Å². The van der Waals surface area contributed by atoms with Gasteiger partial charge in [-0.3, -0.25) is 0 Å². The molecule has 156 valence electrons. The lowest BCUT2D eigenvalue weighted by molar-refractivity contribution is 0.414. The minimum absolute atomic E-state index is 0.587. The van der Waals surface area contributed by atoms with Crippen molar-refractivity contribution in [1.82, 2.24) is 4.98 Å². The Balaban J connectivity index is 1.66. The predicted molar refractivity (Wildman–Crippen MR) is 130 cm³/mol.